The van der Waals surface area contributed by atoms with Crippen molar-refractivity contribution in [2.75, 3.05) is 25.1 Å². The summed E-state index contributed by atoms with van der Waals surface area (Å²) in [6.45, 7) is 13.3. The molecular formula is C47H86N14O13S. The second-order valence-corrected chi connectivity index (χ2v) is 20.4. The molecule has 0 aromatic heterocycles. The first kappa shape index (κ1) is 68.7. The van der Waals surface area contributed by atoms with Crippen molar-refractivity contribution >= 4 is 82.8 Å². The van der Waals surface area contributed by atoms with Crippen LogP contribution in [-0.2, 0) is 52.7 Å². The molecule has 27 nitrogen and oxygen atoms in total. The highest BCUT2D eigenvalue weighted by Gasteiger charge is 2.37. The van der Waals surface area contributed by atoms with Crippen LogP contribution in [0.3, 0.4) is 0 Å². The Morgan fingerprint density at radius 3 is 1.35 bits per heavy atom. The summed E-state index contributed by atoms with van der Waals surface area (Å²) in [5.74, 6) is -12.6. The van der Waals surface area contributed by atoms with Crippen LogP contribution in [0.15, 0.2) is 4.99 Å². The minimum Gasteiger partial charge on any atom is -0.481 e. The second-order valence-electron chi connectivity index (χ2n) is 19.4. The number of carbonyl (C=O) groups excluding carboxylic acids is 9. The van der Waals surface area contributed by atoms with E-state index in [1.807, 2.05) is 0 Å². The predicted molar refractivity (Wildman–Crippen MR) is 282 cm³/mol. The van der Waals surface area contributed by atoms with Gasteiger partial charge in [0.15, 0.2) is 5.96 Å². The summed E-state index contributed by atoms with van der Waals surface area (Å²) in [4.78, 5) is 149. The molecule has 0 rings (SSSR count). The van der Waals surface area contributed by atoms with Crippen LogP contribution < -0.4 is 71.2 Å². The Bertz CT molecular complexity index is 1960. The lowest BCUT2D eigenvalue weighted by Crippen LogP contribution is -2.62. The van der Waals surface area contributed by atoms with Gasteiger partial charge in [0, 0.05) is 13.0 Å². The van der Waals surface area contributed by atoms with Gasteiger partial charge >= 0.3 is 11.9 Å². The molecule has 0 bridgehead atoms. The Balaban J connectivity index is 6.77. The number of hydrogen-bond donors (Lipinski definition) is 15. The van der Waals surface area contributed by atoms with Gasteiger partial charge in [0.25, 0.3) is 0 Å². The van der Waals surface area contributed by atoms with Gasteiger partial charge in [-0.2, -0.15) is 11.8 Å². The molecule has 0 fully saturated rings. The Kier molecular flexibility index (Phi) is 32.8. The number of primary amides is 1. The first-order chi connectivity index (χ1) is 35.0. The van der Waals surface area contributed by atoms with Gasteiger partial charge in [-0.3, -0.25) is 52.9 Å². The number of carbonyl (C=O) groups is 11. The van der Waals surface area contributed by atoms with E-state index in [0.717, 1.165) is 0 Å². The van der Waals surface area contributed by atoms with E-state index in [-0.39, 0.29) is 57.6 Å². The molecule has 0 saturated carbocycles. The molecule has 20 N–H and O–H groups in total. The predicted octanol–water partition coefficient (Wildman–Crippen LogP) is -3.03. The van der Waals surface area contributed by atoms with Crippen LogP contribution in [0, 0.1) is 23.7 Å². The Labute approximate surface area is 443 Å². The van der Waals surface area contributed by atoms with Crippen molar-refractivity contribution in [3.05, 3.63) is 0 Å². The minimum atomic E-state index is -1.79. The lowest BCUT2D eigenvalue weighted by Gasteiger charge is -2.30. The topological polar surface area (TPSA) is 467 Å². The number of nitrogens with two attached hydrogens (primary N) is 5. The first-order valence-electron chi connectivity index (χ1n) is 25.2. The molecule has 10 atom stereocenters. The lowest BCUT2D eigenvalue weighted by atomic mass is 9.96. The van der Waals surface area contributed by atoms with E-state index in [1.165, 1.54) is 11.8 Å². The lowest BCUT2D eigenvalue weighted by molar-refractivity contribution is -0.144. The van der Waals surface area contributed by atoms with E-state index in [4.69, 9.17) is 28.7 Å². The Morgan fingerprint density at radius 2 is 0.933 bits per heavy atom. The fraction of sp³-hybridized carbons (Fsp3) is 0.745. The van der Waals surface area contributed by atoms with Crippen molar-refractivity contribution in [2.24, 2.45) is 57.3 Å². The fourth-order valence-corrected chi connectivity index (χ4v) is 7.69. The number of aliphatic carboxylic acids is 2. The highest BCUT2D eigenvalue weighted by molar-refractivity contribution is 7.98. The van der Waals surface area contributed by atoms with Crippen molar-refractivity contribution in [1.29, 1.82) is 0 Å². The molecule has 75 heavy (non-hydrogen) atoms. The van der Waals surface area contributed by atoms with E-state index in [2.05, 4.69) is 47.5 Å². The number of amides is 9. The summed E-state index contributed by atoms with van der Waals surface area (Å²) in [6.07, 6.45) is 1.91. The maximum Gasteiger partial charge on any atom is 0.326 e. The van der Waals surface area contributed by atoms with Gasteiger partial charge < -0.3 is 81.4 Å². The number of aliphatic imine (C=N–C) groups is 1. The molecule has 0 aromatic rings. The van der Waals surface area contributed by atoms with Crippen LogP contribution in [0.5, 0.6) is 0 Å². The van der Waals surface area contributed by atoms with E-state index in [0.29, 0.717) is 25.0 Å². The van der Waals surface area contributed by atoms with Gasteiger partial charge in [-0.25, -0.2) is 4.79 Å². The number of thioether (sulfide) groups is 1. The van der Waals surface area contributed by atoms with Gasteiger partial charge in [0.1, 0.15) is 48.3 Å². The van der Waals surface area contributed by atoms with Gasteiger partial charge in [-0.1, -0.05) is 61.8 Å². The molecule has 28 heteroatoms. The van der Waals surface area contributed by atoms with Gasteiger partial charge in [0.2, 0.25) is 53.2 Å². The number of carboxylic acid groups (broad SMARTS) is 2. The van der Waals surface area contributed by atoms with Gasteiger partial charge in [-0.05, 0) is 87.2 Å². The third-order valence-corrected chi connectivity index (χ3v) is 12.6. The summed E-state index contributed by atoms with van der Waals surface area (Å²) in [5.41, 5.74) is 27.9. The zero-order valence-electron chi connectivity index (χ0n) is 44.8. The summed E-state index contributed by atoms with van der Waals surface area (Å²) in [6, 6.07) is -12.2. The zero-order valence-corrected chi connectivity index (χ0v) is 45.6. The van der Waals surface area contributed by atoms with Gasteiger partial charge in [-0.15, -0.1) is 0 Å². The summed E-state index contributed by atoms with van der Waals surface area (Å²) in [5, 5.41) is 39.8. The molecule has 9 amide bonds. The average molecular weight is 1090 g/mol. The number of guanidine groups is 1. The molecule has 0 aliphatic heterocycles. The SMILES string of the molecule is CC[C@H](C)[C@H](NC(=O)[C@@H](N)CCC(N)=O)C(=O)N[C@@H](CCCCN)C(=O)N[C@H](C(=O)N[C@@H](CCCN=C(N)N)C(=O)N[C@H](C(=O)N[C@@H](CC(=O)O)C(=O)N[C@@H](CCSC)C(=O)N[C@H](C(=O)O)C(C)C)C(C)C)C(C)C. The number of carboxylic acids is 2. The molecule has 0 heterocycles. The number of rotatable bonds is 38. The highest BCUT2D eigenvalue weighted by Crippen LogP contribution is 2.14. The molecule has 0 saturated heterocycles. The van der Waals surface area contributed by atoms with Crippen molar-refractivity contribution in [1.82, 2.24) is 42.5 Å². The number of nitrogens with zero attached hydrogens (tertiary/aromatic N) is 1. The third-order valence-electron chi connectivity index (χ3n) is 12.0. The second kappa shape index (κ2) is 35.8. The zero-order chi connectivity index (χ0) is 57.7. The summed E-state index contributed by atoms with van der Waals surface area (Å²) in [7, 11) is 0. The van der Waals surface area contributed by atoms with Crippen molar-refractivity contribution in [3.8, 4) is 0 Å². The van der Waals surface area contributed by atoms with Crippen molar-refractivity contribution in [2.45, 2.75) is 174 Å². The summed E-state index contributed by atoms with van der Waals surface area (Å²) < 4.78 is 0. The van der Waals surface area contributed by atoms with Crippen LogP contribution >= 0.6 is 11.8 Å². The average Bonchev–Trinajstić information content (AvgIpc) is 3.32. The number of unbranched alkanes of at least 4 members (excludes halogenated alkanes) is 1. The molecule has 0 aliphatic carbocycles. The molecular weight excluding hydrogens is 1000 g/mol. The van der Waals surface area contributed by atoms with Crippen LogP contribution in [-0.4, -0.2) is 161 Å². The van der Waals surface area contributed by atoms with Gasteiger partial charge in [0.05, 0.1) is 12.5 Å². The monoisotopic (exact) mass is 1090 g/mol. The largest absolute Gasteiger partial charge is 0.481 e. The maximum absolute atomic E-state index is 14.2. The fourth-order valence-electron chi connectivity index (χ4n) is 7.22. The third kappa shape index (κ3) is 26.7. The van der Waals surface area contributed by atoms with Crippen LogP contribution in [0.2, 0.25) is 0 Å². The minimum absolute atomic E-state index is 0.0123. The summed E-state index contributed by atoms with van der Waals surface area (Å²) >= 11 is 1.32. The standard InChI is InChI=1S/C47H86N14O13S/c1-10-26(8)37(61-38(65)27(49)16-17-32(50)62)45(72)56-28(14-11-12-19-48)39(66)58-34(23(2)3)43(70)55-29(15-13-20-53-47(51)52)40(67)59-35(24(4)5)44(71)57-31(22-33(63)64)42(69)54-30(18-21-75-9)41(68)60-36(25(6)7)46(73)74/h23-31,34-37H,10-22,48-49H2,1-9H3,(H2,50,62)(H,54,69)(H,55,70)(H,56,72)(H,57,71)(H,58,66)(H,59,67)(H,60,68)(H,61,65)(H,63,64)(H,73,74)(H4,51,52,53)/t26-,27-,28-,29-,30-,31-,34-,35-,36-,37-/m0/s1. The van der Waals surface area contributed by atoms with Crippen molar-refractivity contribution in [3.63, 3.8) is 0 Å². The van der Waals surface area contributed by atoms with E-state index in [9.17, 15) is 63.0 Å². The normalized spacial score (nSPS) is 15.2. The van der Waals surface area contributed by atoms with Crippen molar-refractivity contribution < 1.29 is 63.0 Å². The molecule has 0 unspecified atom stereocenters. The Morgan fingerprint density at radius 1 is 0.520 bits per heavy atom. The molecule has 0 radical (unpaired) electrons. The molecule has 428 valence electrons. The quantitative estimate of drug-likeness (QED) is 0.0166. The van der Waals surface area contributed by atoms with Crippen LogP contribution in [0.1, 0.15) is 120 Å². The smallest absolute Gasteiger partial charge is 0.326 e. The number of hydrogen-bond acceptors (Lipinski definition) is 15. The van der Waals surface area contributed by atoms with E-state index >= 15 is 0 Å². The maximum atomic E-state index is 14.2. The van der Waals surface area contributed by atoms with E-state index < -0.39 is 150 Å². The molecule has 0 spiro atoms. The molecule has 0 aromatic carbocycles. The van der Waals surface area contributed by atoms with E-state index in [1.54, 1.807) is 61.6 Å². The van der Waals surface area contributed by atoms with Crippen LogP contribution in [0.25, 0.3) is 0 Å². The number of nitrogens with one attached hydrogen (secondary N) is 8. The Hall–Kier alpha value is -6.29. The van der Waals surface area contributed by atoms with Crippen LogP contribution in [0.4, 0.5) is 0 Å². The molecule has 0 aliphatic rings. The highest BCUT2D eigenvalue weighted by atomic mass is 32.2. The first-order valence-corrected chi connectivity index (χ1v) is 26.6.